The quantitative estimate of drug-likeness (QED) is 0.511. The monoisotopic (exact) mass is 404 g/mol. The molecular formula is C22H24N6O2. The number of hydrogen-bond acceptors (Lipinski definition) is 5. The van der Waals surface area contributed by atoms with Crippen LogP contribution in [0.4, 0.5) is 0 Å². The van der Waals surface area contributed by atoms with Crippen molar-refractivity contribution in [3.05, 3.63) is 81.0 Å². The van der Waals surface area contributed by atoms with Crippen LogP contribution in [0.2, 0.25) is 0 Å². The third kappa shape index (κ3) is 3.41. The number of hydrogen-bond donors (Lipinski definition) is 0. The molecule has 0 aliphatic rings. The van der Waals surface area contributed by atoms with Crippen LogP contribution in [0, 0.1) is 27.7 Å². The molecule has 0 aliphatic carbocycles. The Balaban J connectivity index is 1.65. The second-order valence-corrected chi connectivity index (χ2v) is 7.39. The highest BCUT2D eigenvalue weighted by molar-refractivity contribution is 5.51. The molecular weight excluding hydrogens is 380 g/mol. The van der Waals surface area contributed by atoms with E-state index in [0.29, 0.717) is 12.3 Å². The second kappa shape index (κ2) is 7.62. The molecule has 0 N–H and O–H groups in total. The van der Waals surface area contributed by atoms with Crippen molar-refractivity contribution in [3.8, 4) is 17.1 Å². The molecule has 0 saturated heterocycles. The number of aromatic nitrogens is 6. The smallest absolute Gasteiger partial charge is 0.368 e. The average Bonchev–Trinajstić information content (AvgIpc) is 3.29. The normalized spacial score (nSPS) is 11.1. The first-order valence-electron chi connectivity index (χ1n) is 9.70. The Morgan fingerprint density at radius 1 is 0.933 bits per heavy atom. The zero-order valence-corrected chi connectivity index (χ0v) is 17.7. The van der Waals surface area contributed by atoms with Gasteiger partial charge in [-0.1, -0.05) is 12.1 Å². The summed E-state index contributed by atoms with van der Waals surface area (Å²) in [5.74, 6) is 0.792. The third-order valence-corrected chi connectivity index (χ3v) is 5.39. The van der Waals surface area contributed by atoms with Crippen molar-refractivity contribution in [1.82, 2.24) is 29.6 Å². The molecule has 2 aromatic heterocycles. The molecule has 0 fully saturated rings. The Morgan fingerprint density at radius 2 is 1.73 bits per heavy atom. The largest absolute Gasteiger partial charge is 0.489 e. The van der Waals surface area contributed by atoms with Crippen LogP contribution in [-0.2, 0) is 13.7 Å². The highest BCUT2D eigenvalue weighted by atomic mass is 16.5. The van der Waals surface area contributed by atoms with E-state index in [1.54, 1.807) is 7.05 Å². The maximum atomic E-state index is 12.3. The molecule has 0 spiro atoms. The van der Waals surface area contributed by atoms with Crippen molar-refractivity contribution < 1.29 is 4.74 Å². The lowest BCUT2D eigenvalue weighted by Gasteiger charge is -2.17. The van der Waals surface area contributed by atoms with Gasteiger partial charge in [0.05, 0.1) is 17.1 Å². The summed E-state index contributed by atoms with van der Waals surface area (Å²) < 4.78 is 10.6. The predicted molar refractivity (Wildman–Crippen MR) is 113 cm³/mol. The lowest BCUT2D eigenvalue weighted by molar-refractivity contribution is 0.302. The van der Waals surface area contributed by atoms with Crippen molar-refractivity contribution in [2.75, 3.05) is 0 Å². The molecule has 0 atom stereocenters. The number of aryl methyl sites for hydroxylation is 3. The highest BCUT2D eigenvalue weighted by Gasteiger charge is 2.15. The Hall–Kier alpha value is -3.68. The predicted octanol–water partition coefficient (Wildman–Crippen LogP) is 2.96. The van der Waals surface area contributed by atoms with Crippen LogP contribution in [0.25, 0.3) is 11.4 Å². The van der Waals surface area contributed by atoms with Gasteiger partial charge in [-0.3, -0.25) is 0 Å². The Bertz CT molecular complexity index is 1280. The minimum Gasteiger partial charge on any atom is -0.489 e. The summed E-state index contributed by atoms with van der Waals surface area (Å²) in [6.07, 6.45) is 1.95. The van der Waals surface area contributed by atoms with E-state index in [9.17, 15) is 4.79 Å². The first kappa shape index (κ1) is 19.6. The van der Waals surface area contributed by atoms with Crippen LogP contribution >= 0.6 is 0 Å². The lowest BCUT2D eigenvalue weighted by atomic mass is 10.1. The fraction of sp³-hybridized carbons (Fsp3) is 0.273. The number of ether oxygens (including phenoxy) is 1. The minimum absolute atomic E-state index is 0.298. The minimum atomic E-state index is -0.298. The van der Waals surface area contributed by atoms with Crippen LogP contribution in [0.3, 0.4) is 0 Å². The van der Waals surface area contributed by atoms with E-state index in [1.165, 1.54) is 9.36 Å². The number of tetrazole rings is 1. The summed E-state index contributed by atoms with van der Waals surface area (Å²) in [6, 6.07) is 11.7. The van der Waals surface area contributed by atoms with E-state index in [1.807, 2.05) is 68.0 Å². The van der Waals surface area contributed by atoms with Crippen LogP contribution < -0.4 is 10.4 Å². The fourth-order valence-electron chi connectivity index (χ4n) is 3.42. The second-order valence-electron chi connectivity index (χ2n) is 7.39. The molecule has 0 aliphatic heterocycles. The van der Waals surface area contributed by atoms with Crippen LogP contribution in [-0.4, -0.2) is 29.6 Å². The maximum Gasteiger partial charge on any atom is 0.368 e. The van der Waals surface area contributed by atoms with Gasteiger partial charge in [0.25, 0.3) is 0 Å². The van der Waals surface area contributed by atoms with Crippen molar-refractivity contribution >= 4 is 0 Å². The van der Waals surface area contributed by atoms with Gasteiger partial charge >= 0.3 is 5.69 Å². The molecule has 8 nitrogen and oxygen atoms in total. The summed E-state index contributed by atoms with van der Waals surface area (Å²) >= 11 is 0. The fourth-order valence-corrected chi connectivity index (χ4v) is 3.42. The Kier molecular flexibility index (Phi) is 4.99. The molecule has 4 rings (SSSR count). The summed E-state index contributed by atoms with van der Waals surface area (Å²) in [7, 11) is 1.58. The van der Waals surface area contributed by atoms with Gasteiger partial charge in [0.2, 0.25) is 0 Å². The lowest BCUT2D eigenvalue weighted by Crippen LogP contribution is -2.23. The molecule has 0 unspecified atom stereocenters. The van der Waals surface area contributed by atoms with Crippen molar-refractivity contribution in [3.63, 3.8) is 0 Å². The Morgan fingerprint density at radius 3 is 2.40 bits per heavy atom. The zero-order valence-electron chi connectivity index (χ0n) is 17.7. The Labute approximate surface area is 174 Å². The van der Waals surface area contributed by atoms with E-state index in [-0.39, 0.29) is 5.69 Å². The van der Waals surface area contributed by atoms with Crippen molar-refractivity contribution in [2.45, 2.75) is 34.3 Å². The molecule has 2 aromatic carbocycles. The molecule has 0 bridgehead atoms. The molecule has 8 heteroatoms. The van der Waals surface area contributed by atoms with Gasteiger partial charge in [0.15, 0.2) is 0 Å². The number of nitrogens with zero attached hydrogens (tertiary/aromatic N) is 6. The SMILES string of the molecule is Cc1ccn(-c2ccc(OCc3c(C)cccc3-n3nnn(C)c3=O)c(C)c2C)n1. The van der Waals surface area contributed by atoms with Gasteiger partial charge in [0, 0.05) is 18.8 Å². The molecule has 4 aromatic rings. The van der Waals surface area contributed by atoms with E-state index >= 15 is 0 Å². The van der Waals surface area contributed by atoms with Gasteiger partial charge in [0.1, 0.15) is 12.4 Å². The molecule has 154 valence electrons. The highest BCUT2D eigenvalue weighted by Crippen LogP contribution is 2.28. The van der Waals surface area contributed by atoms with Gasteiger partial charge in [-0.2, -0.15) is 14.5 Å². The molecule has 30 heavy (non-hydrogen) atoms. The van der Waals surface area contributed by atoms with E-state index in [4.69, 9.17) is 4.74 Å². The summed E-state index contributed by atoms with van der Waals surface area (Å²) in [5, 5.41) is 12.3. The third-order valence-electron chi connectivity index (χ3n) is 5.39. The molecule has 0 amide bonds. The van der Waals surface area contributed by atoms with Crippen molar-refractivity contribution in [2.24, 2.45) is 7.05 Å². The number of rotatable bonds is 5. The van der Waals surface area contributed by atoms with Crippen molar-refractivity contribution in [1.29, 1.82) is 0 Å². The standard InChI is InChI=1S/C22H24N6O2/c1-14-7-6-8-20(28-22(29)26(5)24-25-28)18(14)13-30-21-10-9-19(16(3)17(21)4)27-12-11-15(2)23-27/h6-12H,13H2,1-5H3. The summed E-state index contributed by atoms with van der Waals surface area (Å²) in [5.41, 5.74) is 6.43. The van der Waals surface area contributed by atoms with Gasteiger partial charge in [-0.05, 0) is 79.1 Å². The van der Waals surface area contributed by atoms with E-state index in [0.717, 1.165) is 39.4 Å². The van der Waals surface area contributed by atoms with Gasteiger partial charge < -0.3 is 4.74 Å². The van der Waals surface area contributed by atoms with Gasteiger partial charge in [-0.25, -0.2) is 9.48 Å². The number of benzene rings is 2. The first-order valence-corrected chi connectivity index (χ1v) is 9.70. The summed E-state index contributed by atoms with van der Waals surface area (Å²) in [4.78, 5) is 12.3. The van der Waals surface area contributed by atoms with Crippen LogP contribution in [0.5, 0.6) is 5.75 Å². The molecule has 0 radical (unpaired) electrons. The first-order chi connectivity index (χ1) is 14.4. The molecule has 2 heterocycles. The molecule has 0 saturated carbocycles. The maximum absolute atomic E-state index is 12.3. The van der Waals surface area contributed by atoms with E-state index in [2.05, 4.69) is 22.4 Å². The zero-order chi connectivity index (χ0) is 21.4. The summed E-state index contributed by atoms with van der Waals surface area (Å²) in [6.45, 7) is 8.37. The average molecular weight is 404 g/mol. The van der Waals surface area contributed by atoms with E-state index < -0.39 is 0 Å². The van der Waals surface area contributed by atoms with Crippen LogP contribution in [0.15, 0.2) is 47.4 Å². The topological polar surface area (TPSA) is 79.8 Å². The van der Waals surface area contributed by atoms with Crippen LogP contribution in [0.1, 0.15) is 27.9 Å². The van der Waals surface area contributed by atoms with Gasteiger partial charge in [-0.15, -0.1) is 0 Å².